The quantitative estimate of drug-likeness (QED) is 0.538. The van der Waals surface area contributed by atoms with Crippen LogP contribution in [0.1, 0.15) is 5.56 Å². The van der Waals surface area contributed by atoms with Crippen LogP contribution in [-0.2, 0) is 0 Å². The smallest absolute Gasteiger partial charge is 0.245 e. The number of aryl methyl sites for hydroxylation is 1. The molecular formula is C17H13N3O2. The summed E-state index contributed by atoms with van der Waals surface area (Å²) in [6, 6.07) is 14.9. The van der Waals surface area contributed by atoms with E-state index in [1.54, 1.807) is 24.5 Å². The zero-order valence-corrected chi connectivity index (χ0v) is 11.9. The summed E-state index contributed by atoms with van der Waals surface area (Å²) in [5, 5.41) is 1.82. The minimum Gasteiger partial charge on any atom is -0.245 e. The van der Waals surface area contributed by atoms with E-state index in [4.69, 9.17) is 0 Å². The van der Waals surface area contributed by atoms with Gasteiger partial charge in [-0.3, -0.25) is 0 Å². The molecule has 0 N–H and O–H groups in total. The van der Waals surface area contributed by atoms with Crippen molar-refractivity contribution in [1.29, 1.82) is 0 Å². The van der Waals surface area contributed by atoms with Gasteiger partial charge < -0.3 is 0 Å². The number of benzene rings is 2. The first-order valence-electron chi connectivity index (χ1n) is 6.97. The standard InChI is InChI=1S/C17H13N3O2/c1-12-6-8-15(9-7-12)20-16(21)18-10-13-4-2-3-5-14(13)11-19(18)17(20)22/h2-11H,1H3. The summed E-state index contributed by atoms with van der Waals surface area (Å²) in [7, 11) is 0. The van der Waals surface area contributed by atoms with Gasteiger partial charge in [0.2, 0.25) is 0 Å². The Bertz CT molecular complexity index is 1050. The zero-order chi connectivity index (χ0) is 15.3. The van der Waals surface area contributed by atoms with E-state index < -0.39 is 0 Å². The summed E-state index contributed by atoms with van der Waals surface area (Å²) in [5.74, 6) is 0. The molecule has 0 amide bonds. The van der Waals surface area contributed by atoms with Gasteiger partial charge in [-0.1, -0.05) is 42.0 Å². The Morgan fingerprint density at radius 3 is 1.73 bits per heavy atom. The van der Waals surface area contributed by atoms with Crippen molar-refractivity contribution < 1.29 is 0 Å². The largest absolute Gasteiger partial charge is 0.356 e. The number of rotatable bonds is 1. The van der Waals surface area contributed by atoms with Crippen molar-refractivity contribution in [2.24, 2.45) is 0 Å². The van der Waals surface area contributed by atoms with E-state index in [9.17, 15) is 9.59 Å². The molecule has 0 aliphatic rings. The summed E-state index contributed by atoms with van der Waals surface area (Å²) >= 11 is 0. The average molecular weight is 291 g/mol. The van der Waals surface area contributed by atoms with Crippen LogP contribution in [0, 0.1) is 6.92 Å². The van der Waals surface area contributed by atoms with Crippen molar-refractivity contribution in [1.82, 2.24) is 13.6 Å². The fraction of sp³-hybridized carbons (Fsp3) is 0.0588. The van der Waals surface area contributed by atoms with E-state index in [1.165, 1.54) is 13.6 Å². The van der Waals surface area contributed by atoms with Crippen molar-refractivity contribution in [2.45, 2.75) is 6.92 Å². The molecule has 5 nitrogen and oxygen atoms in total. The molecule has 22 heavy (non-hydrogen) atoms. The Balaban J connectivity index is 2.12. The second kappa shape index (κ2) is 4.46. The SMILES string of the molecule is Cc1ccc(-n2c(=O)n3cc4ccccc4cn3c2=O)cc1. The number of hydrogen-bond acceptors (Lipinski definition) is 2. The predicted octanol–water partition coefficient (Wildman–Crippen LogP) is 2.01. The van der Waals surface area contributed by atoms with Gasteiger partial charge in [0.25, 0.3) is 0 Å². The highest BCUT2D eigenvalue weighted by molar-refractivity contribution is 5.80. The molecule has 5 heteroatoms. The average Bonchev–Trinajstić information content (AvgIpc) is 2.78. The van der Waals surface area contributed by atoms with Crippen molar-refractivity contribution in [3.05, 3.63) is 87.5 Å². The molecule has 2 aromatic heterocycles. The van der Waals surface area contributed by atoms with Crippen LogP contribution in [-0.4, -0.2) is 13.6 Å². The molecule has 0 saturated carbocycles. The predicted molar refractivity (Wildman–Crippen MR) is 85.0 cm³/mol. The second-order valence-corrected chi connectivity index (χ2v) is 5.31. The van der Waals surface area contributed by atoms with E-state index in [-0.39, 0.29) is 11.4 Å². The number of hydrogen-bond donors (Lipinski definition) is 0. The molecular weight excluding hydrogens is 278 g/mol. The molecule has 0 spiro atoms. The van der Waals surface area contributed by atoms with Gasteiger partial charge >= 0.3 is 11.4 Å². The molecule has 0 unspecified atom stereocenters. The number of aromatic nitrogens is 3. The van der Waals surface area contributed by atoms with Crippen molar-refractivity contribution in [2.75, 3.05) is 0 Å². The Kier molecular flexibility index (Phi) is 2.56. The third kappa shape index (κ3) is 1.72. The van der Waals surface area contributed by atoms with Crippen LogP contribution in [0.3, 0.4) is 0 Å². The highest BCUT2D eigenvalue weighted by atomic mass is 16.2. The van der Waals surface area contributed by atoms with E-state index in [0.29, 0.717) is 5.69 Å². The van der Waals surface area contributed by atoms with Crippen molar-refractivity contribution in [3.63, 3.8) is 0 Å². The minimum atomic E-state index is -0.375. The molecule has 0 atom stereocenters. The summed E-state index contributed by atoms with van der Waals surface area (Å²) in [6.07, 6.45) is 3.37. The molecule has 4 aromatic rings. The third-order valence-electron chi connectivity index (χ3n) is 3.82. The Morgan fingerprint density at radius 2 is 1.23 bits per heavy atom. The topological polar surface area (TPSA) is 47.9 Å². The molecule has 108 valence electrons. The van der Waals surface area contributed by atoms with Gasteiger partial charge in [0.15, 0.2) is 0 Å². The first-order chi connectivity index (χ1) is 10.6. The van der Waals surface area contributed by atoms with Crippen LogP contribution in [0.2, 0.25) is 0 Å². The Hall–Kier alpha value is -3.08. The highest BCUT2D eigenvalue weighted by Crippen LogP contribution is 2.11. The van der Waals surface area contributed by atoms with Crippen LogP contribution < -0.4 is 11.4 Å². The van der Waals surface area contributed by atoms with Gasteiger partial charge in [-0.25, -0.2) is 23.2 Å². The molecule has 0 bridgehead atoms. The third-order valence-corrected chi connectivity index (χ3v) is 3.82. The minimum absolute atomic E-state index is 0.375. The van der Waals surface area contributed by atoms with Gasteiger partial charge in [0.1, 0.15) is 0 Å². The van der Waals surface area contributed by atoms with Crippen LogP contribution in [0.4, 0.5) is 0 Å². The first-order valence-corrected chi connectivity index (χ1v) is 6.97. The van der Waals surface area contributed by atoms with Crippen molar-refractivity contribution in [3.8, 4) is 5.69 Å². The van der Waals surface area contributed by atoms with Crippen molar-refractivity contribution >= 4 is 10.8 Å². The molecule has 0 aliphatic heterocycles. The van der Waals surface area contributed by atoms with Gasteiger partial charge in [-0.05, 0) is 19.1 Å². The van der Waals surface area contributed by atoms with Crippen LogP contribution >= 0.6 is 0 Å². The molecule has 0 fully saturated rings. The van der Waals surface area contributed by atoms with E-state index in [0.717, 1.165) is 16.3 Å². The fourth-order valence-corrected chi connectivity index (χ4v) is 2.63. The van der Waals surface area contributed by atoms with Gasteiger partial charge in [-0.2, -0.15) is 0 Å². The molecule has 2 aromatic carbocycles. The highest BCUT2D eigenvalue weighted by Gasteiger charge is 2.12. The Labute approximate surface area is 125 Å². The normalized spacial score (nSPS) is 11.3. The monoisotopic (exact) mass is 291 g/mol. The van der Waals surface area contributed by atoms with Gasteiger partial charge in [0.05, 0.1) is 5.69 Å². The maximum atomic E-state index is 12.6. The fourth-order valence-electron chi connectivity index (χ4n) is 2.63. The lowest BCUT2D eigenvalue weighted by Gasteiger charge is -1.99. The summed E-state index contributed by atoms with van der Waals surface area (Å²) in [6.45, 7) is 1.96. The first kappa shape index (κ1) is 12.6. The molecule has 0 radical (unpaired) electrons. The lowest BCUT2D eigenvalue weighted by molar-refractivity contribution is 0.784. The molecule has 4 rings (SSSR count). The summed E-state index contributed by atoms with van der Waals surface area (Å²) in [5.41, 5.74) is 0.895. The molecule has 0 saturated heterocycles. The van der Waals surface area contributed by atoms with Gasteiger partial charge in [-0.15, -0.1) is 0 Å². The van der Waals surface area contributed by atoms with E-state index in [2.05, 4.69) is 0 Å². The maximum Gasteiger partial charge on any atom is 0.356 e. The summed E-state index contributed by atoms with van der Waals surface area (Å²) in [4.78, 5) is 25.2. The van der Waals surface area contributed by atoms with Crippen LogP contribution in [0.15, 0.2) is 70.5 Å². The van der Waals surface area contributed by atoms with Crippen LogP contribution in [0.5, 0.6) is 0 Å². The van der Waals surface area contributed by atoms with E-state index >= 15 is 0 Å². The zero-order valence-electron chi connectivity index (χ0n) is 11.9. The lowest BCUT2D eigenvalue weighted by atomic mass is 10.2. The number of fused-ring (bicyclic) bond motifs is 2. The summed E-state index contributed by atoms with van der Waals surface area (Å²) < 4.78 is 3.85. The van der Waals surface area contributed by atoms with Gasteiger partial charge in [0, 0.05) is 23.2 Å². The maximum absolute atomic E-state index is 12.6. The lowest BCUT2D eigenvalue weighted by Crippen LogP contribution is -2.25. The molecule has 2 heterocycles. The Morgan fingerprint density at radius 1 is 0.727 bits per heavy atom. The number of nitrogens with zero attached hydrogens (tertiary/aromatic N) is 3. The second-order valence-electron chi connectivity index (χ2n) is 5.31. The van der Waals surface area contributed by atoms with E-state index in [1.807, 2.05) is 43.3 Å². The van der Waals surface area contributed by atoms with Crippen LogP contribution in [0.25, 0.3) is 16.5 Å². The molecule has 0 aliphatic carbocycles.